The van der Waals surface area contributed by atoms with Gasteiger partial charge in [0.2, 0.25) is 0 Å². The number of esters is 1. The van der Waals surface area contributed by atoms with Gasteiger partial charge in [-0.05, 0) is 37.3 Å². The van der Waals surface area contributed by atoms with Gasteiger partial charge >= 0.3 is 5.97 Å². The summed E-state index contributed by atoms with van der Waals surface area (Å²) >= 11 is 3.23. The van der Waals surface area contributed by atoms with Crippen molar-refractivity contribution in [1.82, 2.24) is 9.97 Å². The molecule has 2 aromatic carbocycles. The van der Waals surface area contributed by atoms with Crippen molar-refractivity contribution in [3.63, 3.8) is 0 Å². The van der Waals surface area contributed by atoms with Crippen LogP contribution in [0.25, 0.3) is 10.9 Å². The predicted molar refractivity (Wildman–Crippen MR) is 92.0 cm³/mol. The Morgan fingerprint density at radius 1 is 1.29 bits per heavy atom. The number of aromatic nitrogens is 2. The van der Waals surface area contributed by atoms with Gasteiger partial charge in [0, 0.05) is 4.47 Å². The first-order valence-electron chi connectivity index (χ1n) is 7.14. The van der Waals surface area contributed by atoms with Crippen LogP contribution >= 0.6 is 15.9 Å². The van der Waals surface area contributed by atoms with Crippen molar-refractivity contribution in [2.24, 2.45) is 0 Å². The molecule has 0 unspecified atom stereocenters. The molecule has 3 rings (SSSR count). The van der Waals surface area contributed by atoms with Gasteiger partial charge in [0.15, 0.2) is 11.9 Å². The van der Waals surface area contributed by atoms with E-state index in [-0.39, 0.29) is 22.7 Å². The number of para-hydroxylation sites is 1. The molecule has 24 heavy (non-hydrogen) atoms. The van der Waals surface area contributed by atoms with Gasteiger partial charge in [0.1, 0.15) is 11.3 Å². The number of carbonyl (C=O) groups is 1. The molecule has 122 valence electrons. The van der Waals surface area contributed by atoms with E-state index in [0.29, 0.717) is 15.4 Å². The maximum absolute atomic E-state index is 12.2. The van der Waals surface area contributed by atoms with Crippen LogP contribution in [0.3, 0.4) is 0 Å². The van der Waals surface area contributed by atoms with E-state index in [0.717, 1.165) is 0 Å². The van der Waals surface area contributed by atoms with Gasteiger partial charge in [-0.2, -0.15) is 0 Å². The third-order valence-corrected chi connectivity index (χ3v) is 3.97. The third kappa shape index (κ3) is 3.16. The highest BCUT2D eigenvalue weighted by molar-refractivity contribution is 9.10. The van der Waals surface area contributed by atoms with Crippen molar-refractivity contribution < 1.29 is 14.6 Å². The Balaban J connectivity index is 1.89. The molecule has 6 nitrogen and oxygen atoms in total. The van der Waals surface area contributed by atoms with Gasteiger partial charge in [0.05, 0.1) is 10.9 Å². The summed E-state index contributed by atoms with van der Waals surface area (Å²) in [5.74, 6) is -0.658. The van der Waals surface area contributed by atoms with E-state index >= 15 is 0 Å². The molecule has 0 aliphatic carbocycles. The fourth-order valence-electron chi connectivity index (χ4n) is 2.25. The molecule has 1 atom stereocenters. The van der Waals surface area contributed by atoms with Crippen LogP contribution in [0.15, 0.2) is 51.7 Å². The Kier molecular flexibility index (Phi) is 4.35. The molecular formula is C17H13BrN2O4. The Bertz CT molecular complexity index is 984. The lowest BCUT2D eigenvalue weighted by molar-refractivity contribution is 0.0316. The summed E-state index contributed by atoms with van der Waals surface area (Å²) in [5, 5.41) is 10.2. The Morgan fingerprint density at radius 2 is 2.04 bits per heavy atom. The van der Waals surface area contributed by atoms with Gasteiger partial charge in [-0.1, -0.05) is 28.1 Å². The summed E-state index contributed by atoms with van der Waals surface area (Å²) in [4.78, 5) is 31.2. The van der Waals surface area contributed by atoms with E-state index in [2.05, 4.69) is 25.9 Å². The minimum absolute atomic E-state index is 0.0272. The Hall–Kier alpha value is -2.67. The molecule has 0 saturated carbocycles. The standard InChI is InChI=1S/C17H13BrN2O4/c1-9(24-17(23)12-8-10(18)6-7-14(12)21)15-19-13-5-3-2-4-11(13)16(22)20-15/h2-9,21H,1H3,(H,19,20,22)/t9-/m1/s1. The quantitative estimate of drug-likeness (QED) is 0.671. The van der Waals surface area contributed by atoms with Crippen molar-refractivity contribution in [2.75, 3.05) is 0 Å². The van der Waals surface area contributed by atoms with Crippen LogP contribution in [0.5, 0.6) is 5.75 Å². The number of nitrogens with zero attached hydrogens (tertiary/aromatic N) is 1. The molecule has 0 spiro atoms. The van der Waals surface area contributed by atoms with Gasteiger partial charge in [-0.15, -0.1) is 0 Å². The van der Waals surface area contributed by atoms with E-state index in [1.165, 1.54) is 12.1 Å². The van der Waals surface area contributed by atoms with Crippen LogP contribution < -0.4 is 5.56 Å². The lowest BCUT2D eigenvalue weighted by Gasteiger charge is -2.13. The molecule has 0 fully saturated rings. The highest BCUT2D eigenvalue weighted by Crippen LogP contribution is 2.24. The summed E-state index contributed by atoms with van der Waals surface area (Å²) < 4.78 is 5.95. The van der Waals surface area contributed by atoms with Crippen LogP contribution in [0.4, 0.5) is 0 Å². The Morgan fingerprint density at radius 3 is 2.83 bits per heavy atom. The van der Waals surface area contributed by atoms with Crippen molar-refractivity contribution in [1.29, 1.82) is 0 Å². The SMILES string of the molecule is C[C@@H](OC(=O)c1cc(Br)ccc1O)c1nc2ccccc2c(=O)[nH]1. The lowest BCUT2D eigenvalue weighted by Crippen LogP contribution is -2.17. The number of aromatic amines is 1. The number of rotatable bonds is 3. The van der Waals surface area contributed by atoms with E-state index in [1.807, 2.05) is 0 Å². The average Bonchev–Trinajstić information content (AvgIpc) is 2.57. The van der Waals surface area contributed by atoms with Crippen LogP contribution in [-0.2, 0) is 4.74 Å². The van der Waals surface area contributed by atoms with E-state index in [1.54, 1.807) is 37.3 Å². The summed E-state index contributed by atoms with van der Waals surface area (Å²) in [6, 6.07) is 11.4. The lowest BCUT2D eigenvalue weighted by atomic mass is 10.2. The van der Waals surface area contributed by atoms with E-state index in [4.69, 9.17) is 4.74 Å². The molecule has 7 heteroatoms. The molecule has 2 N–H and O–H groups in total. The van der Waals surface area contributed by atoms with Gasteiger partial charge in [0.25, 0.3) is 5.56 Å². The second kappa shape index (κ2) is 6.45. The molecular weight excluding hydrogens is 376 g/mol. The van der Waals surface area contributed by atoms with Crippen molar-refractivity contribution >= 4 is 32.8 Å². The van der Waals surface area contributed by atoms with E-state index in [9.17, 15) is 14.7 Å². The monoisotopic (exact) mass is 388 g/mol. The minimum atomic E-state index is -0.784. The summed E-state index contributed by atoms with van der Waals surface area (Å²) in [5.41, 5.74) is 0.243. The summed E-state index contributed by atoms with van der Waals surface area (Å²) in [6.07, 6.45) is -0.784. The first-order chi connectivity index (χ1) is 11.5. The molecule has 0 aliphatic heterocycles. The zero-order valence-electron chi connectivity index (χ0n) is 12.6. The van der Waals surface area contributed by atoms with Crippen LogP contribution in [0.2, 0.25) is 0 Å². The number of aromatic hydroxyl groups is 1. The molecule has 1 heterocycles. The first kappa shape index (κ1) is 16.2. The number of phenols is 1. The average molecular weight is 389 g/mol. The second-order valence-electron chi connectivity index (χ2n) is 5.18. The first-order valence-corrected chi connectivity index (χ1v) is 7.93. The maximum Gasteiger partial charge on any atom is 0.342 e. The zero-order chi connectivity index (χ0) is 17.3. The molecule has 0 bridgehead atoms. The largest absolute Gasteiger partial charge is 0.507 e. The van der Waals surface area contributed by atoms with Crippen LogP contribution in [0, 0.1) is 0 Å². The number of hydrogen-bond acceptors (Lipinski definition) is 5. The van der Waals surface area contributed by atoms with Crippen LogP contribution in [-0.4, -0.2) is 21.0 Å². The number of fused-ring (bicyclic) bond motifs is 1. The van der Waals surface area contributed by atoms with Crippen molar-refractivity contribution in [3.05, 3.63) is 68.7 Å². The number of ether oxygens (including phenoxy) is 1. The number of benzene rings is 2. The fraction of sp³-hybridized carbons (Fsp3) is 0.118. The van der Waals surface area contributed by atoms with Gasteiger partial charge < -0.3 is 14.8 Å². The van der Waals surface area contributed by atoms with Crippen molar-refractivity contribution in [2.45, 2.75) is 13.0 Å². The number of H-pyrrole nitrogens is 1. The molecule has 1 aromatic heterocycles. The zero-order valence-corrected chi connectivity index (χ0v) is 14.2. The van der Waals surface area contributed by atoms with E-state index < -0.39 is 12.1 Å². The highest BCUT2D eigenvalue weighted by Gasteiger charge is 2.19. The second-order valence-corrected chi connectivity index (χ2v) is 6.09. The molecule has 0 saturated heterocycles. The Labute approximate surface area is 145 Å². The van der Waals surface area contributed by atoms with Crippen LogP contribution in [0.1, 0.15) is 29.2 Å². The number of halogens is 1. The molecule has 0 radical (unpaired) electrons. The normalized spacial score (nSPS) is 12.1. The highest BCUT2D eigenvalue weighted by atomic mass is 79.9. The smallest absolute Gasteiger partial charge is 0.342 e. The number of nitrogens with one attached hydrogen (secondary N) is 1. The fourth-order valence-corrected chi connectivity index (χ4v) is 2.61. The molecule has 3 aromatic rings. The maximum atomic E-state index is 12.2. The summed E-state index contributed by atoms with van der Waals surface area (Å²) in [7, 11) is 0. The topological polar surface area (TPSA) is 92.3 Å². The predicted octanol–water partition coefficient (Wildman–Crippen LogP) is 3.31. The number of carbonyl (C=O) groups excluding carboxylic acids is 1. The number of phenolic OH excluding ortho intramolecular Hbond substituents is 1. The summed E-state index contributed by atoms with van der Waals surface area (Å²) in [6.45, 7) is 1.60. The van der Waals surface area contributed by atoms with Gasteiger partial charge in [-0.25, -0.2) is 9.78 Å². The minimum Gasteiger partial charge on any atom is -0.507 e. The third-order valence-electron chi connectivity index (χ3n) is 3.48. The van der Waals surface area contributed by atoms with Crippen molar-refractivity contribution in [3.8, 4) is 5.75 Å². The van der Waals surface area contributed by atoms with Gasteiger partial charge in [-0.3, -0.25) is 4.79 Å². The molecule has 0 aliphatic rings. The number of hydrogen-bond donors (Lipinski definition) is 2. The molecule has 0 amide bonds.